The summed E-state index contributed by atoms with van der Waals surface area (Å²) in [4.78, 5) is 35.4. The Labute approximate surface area is 218 Å². The van der Waals surface area contributed by atoms with Crippen molar-refractivity contribution < 1.29 is 14.4 Å². The first kappa shape index (κ1) is 22.0. The number of nitrogens with zero attached hydrogens (tertiary/aromatic N) is 2. The third-order valence-electron chi connectivity index (χ3n) is 7.32. The Hall–Kier alpha value is -4.19. The van der Waals surface area contributed by atoms with Gasteiger partial charge in [0.15, 0.2) is 6.10 Å². The van der Waals surface area contributed by atoms with E-state index in [9.17, 15) is 9.59 Å². The Bertz CT molecular complexity index is 1630. The summed E-state index contributed by atoms with van der Waals surface area (Å²) < 4.78 is 0. The largest absolute Gasteiger partial charge is 0.273 e. The topological polar surface area (TPSA) is 49.9 Å². The van der Waals surface area contributed by atoms with Crippen molar-refractivity contribution in [2.75, 3.05) is 9.96 Å². The van der Waals surface area contributed by atoms with E-state index in [-0.39, 0.29) is 11.8 Å². The van der Waals surface area contributed by atoms with Crippen molar-refractivity contribution in [1.82, 2.24) is 0 Å². The molecule has 7 rings (SSSR count). The molecule has 37 heavy (non-hydrogen) atoms. The van der Waals surface area contributed by atoms with Gasteiger partial charge in [-0.15, -0.1) is 0 Å². The average Bonchev–Trinajstić information content (AvgIpc) is 3.44. The van der Waals surface area contributed by atoms with E-state index < -0.39 is 18.1 Å². The number of hydrogen-bond donors (Lipinski definition) is 0. The number of carbonyl (C=O) groups excluding carboxylic acids is 2. The lowest BCUT2D eigenvalue weighted by molar-refractivity contribution is -0.126. The lowest BCUT2D eigenvalue weighted by Gasteiger charge is -2.30. The van der Waals surface area contributed by atoms with Crippen molar-refractivity contribution >= 4 is 56.3 Å². The van der Waals surface area contributed by atoms with E-state index in [0.717, 1.165) is 32.8 Å². The maximum absolute atomic E-state index is 14.1. The molecule has 2 fully saturated rings. The van der Waals surface area contributed by atoms with Crippen LogP contribution in [0, 0.1) is 5.92 Å². The van der Waals surface area contributed by atoms with Crippen LogP contribution < -0.4 is 9.96 Å². The molecule has 6 heteroatoms. The normalized spacial score (nSPS) is 21.3. The van der Waals surface area contributed by atoms with Gasteiger partial charge in [-0.3, -0.25) is 14.4 Å². The van der Waals surface area contributed by atoms with Gasteiger partial charge in [0.25, 0.3) is 5.91 Å². The molecule has 2 aliphatic rings. The third kappa shape index (κ3) is 3.35. The minimum atomic E-state index is -0.939. The summed E-state index contributed by atoms with van der Waals surface area (Å²) in [5.41, 5.74) is 2.26. The van der Waals surface area contributed by atoms with Crippen LogP contribution in [0.2, 0.25) is 5.02 Å². The smallest absolute Gasteiger partial charge is 0.266 e. The Morgan fingerprint density at radius 3 is 1.89 bits per heavy atom. The molecule has 0 unspecified atom stereocenters. The summed E-state index contributed by atoms with van der Waals surface area (Å²) in [7, 11) is 0. The van der Waals surface area contributed by atoms with Gasteiger partial charge in [-0.25, -0.2) is 9.96 Å². The molecule has 0 aliphatic carbocycles. The monoisotopic (exact) mass is 504 g/mol. The van der Waals surface area contributed by atoms with E-state index in [4.69, 9.17) is 16.4 Å². The van der Waals surface area contributed by atoms with Crippen molar-refractivity contribution in [3.8, 4) is 0 Å². The molecule has 0 radical (unpaired) electrons. The molecule has 180 valence electrons. The molecule has 0 saturated carbocycles. The fourth-order valence-electron chi connectivity index (χ4n) is 5.72. The second kappa shape index (κ2) is 8.44. The molecule has 5 aromatic carbocycles. The molecule has 5 nitrogen and oxygen atoms in total. The first-order chi connectivity index (χ1) is 18.1. The number of amides is 2. The SMILES string of the molecule is O=C1[C@@H]2[C@@H](c3c4ccccc4cc4ccccc34)N(c3ccccc3)O[C@H]2C(=O)N1c1ccc(Cl)cc1. The van der Waals surface area contributed by atoms with Gasteiger partial charge >= 0.3 is 0 Å². The predicted octanol–water partition coefficient (Wildman–Crippen LogP) is 6.70. The van der Waals surface area contributed by atoms with Crippen molar-refractivity contribution in [2.24, 2.45) is 5.92 Å². The van der Waals surface area contributed by atoms with E-state index in [0.29, 0.717) is 10.7 Å². The van der Waals surface area contributed by atoms with Crippen LogP contribution in [0.25, 0.3) is 21.5 Å². The van der Waals surface area contributed by atoms with Crippen molar-refractivity contribution in [3.05, 3.63) is 120 Å². The molecular formula is C31H21ClN2O3. The quantitative estimate of drug-likeness (QED) is 0.203. The number of carbonyl (C=O) groups is 2. The molecule has 0 bridgehead atoms. The summed E-state index contributed by atoms with van der Waals surface area (Å²) in [6.45, 7) is 0. The molecule has 5 aromatic rings. The molecule has 2 amide bonds. The number of imide groups is 1. The van der Waals surface area contributed by atoms with Crippen LogP contribution >= 0.6 is 11.6 Å². The predicted molar refractivity (Wildman–Crippen MR) is 145 cm³/mol. The van der Waals surface area contributed by atoms with Gasteiger partial charge < -0.3 is 0 Å². The van der Waals surface area contributed by atoms with E-state index in [1.54, 1.807) is 29.3 Å². The van der Waals surface area contributed by atoms with Crippen molar-refractivity contribution in [1.29, 1.82) is 0 Å². The number of fused-ring (bicyclic) bond motifs is 3. The molecular weight excluding hydrogens is 484 g/mol. The van der Waals surface area contributed by atoms with Gasteiger partial charge in [0, 0.05) is 5.02 Å². The number of benzene rings is 5. The number of halogens is 1. The first-order valence-corrected chi connectivity index (χ1v) is 12.5. The standard InChI is InChI=1S/C31H21ClN2O3/c32-21-14-16-22(17-15-21)33-30(35)27-28(34(37-29(27)31(33)36)23-10-2-1-3-11-23)26-24-12-6-4-8-19(24)18-20-9-5-7-13-25(20)26/h1-18,27-29H/t27-,28-,29-/m1/s1. The fraction of sp³-hybridized carbons (Fsp3) is 0.0968. The van der Waals surface area contributed by atoms with Crippen LogP contribution in [-0.2, 0) is 14.4 Å². The Kier molecular flexibility index (Phi) is 5.03. The summed E-state index contributed by atoms with van der Waals surface area (Å²) in [5.74, 6) is -1.37. The molecule has 0 aromatic heterocycles. The highest BCUT2D eigenvalue weighted by Gasteiger charge is 2.60. The van der Waals surface area contributed by atoms with Crippen LogP contribution in [0.15, 0.2) is 109 Å². The minimum absolute atomic E-state index is 0.280. The van der Waals surface area contributed by atoms with Gasteiger partial charge in [0.05, 0.1) is 17.4 Å². The minimum Gasteiger partial charge on any atom is -0.273 e. The Balaban J connectivity index is 1.47. The van der Waals surface area contributed by atoms with Gasteiger partial charge in [0.1, 0.15) is 5.92 Å². The second-order valence-corrected chi connectivity index (χ2v) is 9.82. The van der Waals surface area contributed by atoms with E-state index in [2.05, 4.69) is 30.3 Å². The summed E-state index contributed by atoms with van der Waals surface area (Å²) >= 11 is 6.07. The highest BCUT2D eigenvalue weighted by molar-refractivity contribution is 6.31. The molecule has 3 atom stereocenters. The van der Waals surface area contributed by atoms with Crippen molar-refractivity contribution in [2.45, 2.75) is 12.1 Å². The fourth-order valence-corrected chi connectivity index (χ4v) is 5.84. The van der Waals surface area contributed by atoms with Crippen molar-refractivity contribution in [3.63, 3.8) is 0 Å². The van der Waals surface area contributed by atoms with E-state index in [1.807, 2.05) is 54.6 Å². The van der Waals surface area contributed by atoms with Crippen LogP contribution in [0.5, 0.6) is 0 Å². The molecule has 2 heterocycles. The first-order valence-electron chi connectivity index (χ1n) is 12.2. The van der Waals surface area contributed by atoms with E-state index >= 15 is 0 Å². The highest BCUT2D eigenvalue weighted by atomic mass is 35.5. The van der Waals surface area contributed by atoms with E-state index in [1.165, 1.54) is 4.90 Å². The molecule has 0 N–H and O–H groups in total. The summed E-state index contributed by atoms with van der Waals surface area (Å²) in [5, 5.41) is 6.49. The second-order valence-electron chi connectivity index (χ2n) is 9.38. The molecule has 0 spiro atoms. The zero-order valence-corrected chi connectivity index (χ0v) is 20.4. The summed E-state index contributed by atoms with van der Waals surface area (Å²) in [6, 6.07) is 34.4. The highest BCUT2D eigenvalue weighted by Crippen LogP contribution is 2.50. The van der Waals surface area contributed by atoms with Gasteiger partial charge in [-0.05, 0) is 69.6 Å². The maximum atomic E-state index is 14.1. The Morgan fingerprint density at radius 2 is 1.24 bits per heavy atom. The molecule has 2 saturated heterocycles. The lowest BCUT2D eigenvalue weighted by atomic mass is 9.84. The zero-order valence-electron chi connectivity index (χ0n) is 19.6. The lowest BCUT2D eigenvalue weighted by Crippen LogP contribution is -2.37. The van der Waals surface area contributed by atoms with Gasteiger partial charge in [0.2, 0.25) is 5.91 Å². The number of para-hydroxylation sites is 1. The van der Waals surface area contributed by atoms with Crippen LogP contribution in [0.3, 0.4) is 0 Å². The van der Waals surface area contributed by atoms with Crippen LogP contribution in [-0.4, -0.2) is 17.9 Å². The maximum Gasteiger partial charge on any atom is 0.266 e. The van der Waals surface area contributed by atoms with Gasteiger partial charge in [-0.2, -0.15) is 0 Å². The molecule has 2 aliphatic heterocycles. The number of hydrogen-bond acceptors (Lipinski definition) is 4. The van der Waals surface area contributed by atoms with Gasteiger partial charge in [-0.1, -0.05) is 78.3 Å². The zero-order chi connectivity index (χ0) is 25.1. The summed E-state index contributed by atoms with van der Waals surface area (Å²) in [6.07, 6.45) is -0.939. The van der Waals surface area contributed by atoms with Crippen LogP contribution in [0.4, 0.5) is 11.4 Å². The Morgan fingerprint density at radius 1 is 0.649 bits per heavy atom. The van der Waals surface area contributed by atoms with Crippen LogP contribution in [0.1, 0.15) is 11.6 Å². The number of rotatable bonds is 3. The number of hydroxylamine groups is 1. The third-order valence-corrected chi connectivity index (χ3v) is 7.57. The number of anilines is 2. The average molecular weight is 505 g/mol.